The first-order valence-corrected chi connectivity index (χ1v) is 9.31. The Morgan fingerprint density at radius 1 is 1.03 bits per heavy atom. The monoisotopic (exact) mass is 394 g/mol. The topological polar surface area (TPSA) is 92.8 Å². The predicted octanol–water partition coefficient (Wildman–Crippen LogP) is 3.14. The summed E-state index contributed by atoms with van der Waals surface area (Å²) >= 11 is 0. The molecule has 1 aliphatic rings. The maximum absolute atomic E-state index is 12.5. The van der Waals surface area contributed by atoms with Gasteiger partial charge in [-0.05, 0) is 56.2 Å². The van der Waals surface area contributed by atoms with Gasteiger partial charge < -0.3 is 10.1 Å². The standard InChI is InChI=1S/C22H22N2O5/c1-13-7-8-14(2)18(11-13)23-21(27)15(3)29-22(28)16-5-4-6-17(12-16)24-19(25)9-10-20(24)26/h4-8,11-12,15H,9-10H2,1-3H3,(H,23,27)/t15-/m1/s1. The summed E-state index contributed by atoms with van der Waals surface area (Å²) in [6.07, 6.45) is -0.715. The SMILES string of the molecule is Cc1ccc(C)c(NC(=O)[C@@H](C)OC(=O)c2cccc(N3C(=O)CCC3=O)c2)c1. The number of benzene rings is 2. The summed E-state index contributed by atoms with van der Waals surface area (Å²) in [6.45, 7) is 5.27. The summed E-state index contributed by atoms with van der Waals surface area (Å²) in [5, 5.41) is 2.76. The molecule has 1 fully saturated rings. The molecule has 1 atom stereocenters. The van der Waals surface area contributed by atoms with E-state index in [-0.39, 0.29) is 30.2 Å². The summed E-state index contributed by atoms with van der Waals surface area (Å²) in [7, 11) is 0. The predicted molar refractivity (Wildman–Crippen MR) is 108 cm³/mol. The second kappa shape index (κ2) is 8.26. The van der Waals surface area contributed by atoms with Crippen molar-refractivity contribution in [1.82, 2.24) is 0 Å². The maximum Gasteiger partial charge on any atom is 0.338 e. The summed E-state index contributed by atoms with van der Waals surface area (Å²) in [5.74, 6) is -1.77. The number of anilines is 2. The molecule has 0 saturated carbocycles. The molecule has 2 aromatic carbocycles. The molecule has 150 valence electrons. The molecule has 0 aliphatic carbocycles. The number of rotatable bonds is 5. The van der Waals surface area contributed by atoms with Gasteiger partial charge in [-0.25, -0.2) is 4.79 Å². The van der Waals surface area contributed by atoms with E-state index in [0.29, 0.717) is 11.4 Å². The summed E-state index contributed by atoms with van der Waals surface area (Å²) in [5.41, 5.74) is 3.03. The maximum atomic E-state index is 12.5. The minimum Gasteiger partial charge on any atom is -0.449 e. The zero-order valence-electron chi connectivity index (χ0n) is 16.5. The fraction of sp³-hybridized carbons (Fsp3) is 0.273. The Balaban J connectivity index is 1.69. The molecule has 0 aromatic heterocycles. The largest absolute Gasteiger partial charge is 0.449 e. The van der Waals surface area contributed by atoms with Crippen LogP contribution in [0.3, 0.4) is 0 Å². The number of carbonyl (C=O) groups is 4. The van der Waals surface area contributed by atoms with E-state index in [1.807, 2.05) is 32.0 Å². The molecule has 3 rings (SSSR count). The summed E-state index contributed by atoms with van der Waals surface area (Å²) in [6, 6.07) is 11.7. The molecular formula is C22H22N2O5. The number of hydrogen-bond donors (Lipinski definition) is 1. The van der Waals surface area contributed by atoms with Crippen molar-refractivity contribution in [1.29, 1.82) is 0 Å². The zero-order chi connectivity index (χ0) is 21.1. The molecule has 2 aromatic rings. The molecule has 0 unspecified atom stereocenters. The van der Waals surface area contributed by atoms with E-state index in [1.165, 1.54) is 19.1 Å². The van der Waals surface area contributed by atoms with Gasteiger partial charge in [-0.1, -0.05) is 18.2 Å². The molecule has 1 N–H and O–H groups in total. The van der Waals surface area contributed by atoms with E-state index in [4.69, 9.17) is 4.74 Å². The van der Waals surface area contributed by atoms with Crippen LogP contribution in [0.15, 0.2) is 42.5 Å². The second-order valence-electron chi connectivity index (χ2n) is 7.03. The third-order valence-electron chi connectivity index (χ3n) is 4.70. The van der Waals surface area contributed by atoms with Crippen LogP contribution < -0.4 is 10.2 Å². The van der Waals surface area contributed by atoms with Crippen molar-refractivity contribution >= 4 is 35.1 Å². The molecule has 29 heavy (non-hydrogen) atoms. The van der Waals surface area contributed by atoms with Crippen LogP contribution in [-0.4, -0.2) is 29.8 Å². The van der Waals surface area contributed by atoms with Gasteiger partial charge in [0, 0.05) is 18.5 Å². The number of imide groups is 1. The fourth-order valence-corrected chi connectivity index (χ4v) is 3.02. The Labute approximate surface area is 168 Å². The third kappa shape index (κ3) is 4.51. The highest BCUT2D eigenvalue weighted by molar-refractivity contribution is 6.20. The zero-order valence-corrected chi connectivity index (χ0v) is 16.5. The van der Waals surface area contributed by atoms with Gasteiger partial charge in [0.1, 0.15) is 0 Å². The van der Waals surface area contributed by atoms with Gasteiger partial charge in [0.2, 0.25) is 11.8 Å². The van der Waals surface area contributed by atoms with Crippen molar-refractivity contribution in [2.75, 3.05) is 10.2 Å². The molecule has 0 radical (unpaired) electrons. The van der Waals surface area contributed by atoms with Gasteiger partial charge in [0.15, 0.2) is 6.10 Å². The van der Waals surface area contributed by atoms with Crippen molar-refractivity contribution in [2.24, 2.45) is 0 Å². The van der Waals surface area contributed by atoms with Crippen molar-refractivity contribution in [2.45, 2.75) is 39.7 Å². The molecule has 1 heterocycles. The van der Waals surface area contributed by atoms with Crippen molar-refractivity contribution in [3.05, 3.63) is 59.2 Å². The number of nitrogens with zero attached hydrogens (tertiary/aromatic N) is 1. The van der Waals surface area contributed by atoms with Crippen molar-refractivity contribution in [3.63, 3.8) is 0 Å². The van der Waals surface area contributed by atoms with E-state index in [1.54, 1.807) is 12.1 Å². The molecule has 1 saturated heterocycles. The Kier molecular flexibility index (Phi) is 5.77. The average Bonchev–Trinajstić information content (AvgIpc) is 3.02. The lowest BCUT2D eigenvalue weighted by Crippen LogP contribution is -2.31. The number of amides is 3. The van der Waals surface area contributed by atoms with Crippen LogP contribution in [0.5, 0.6) is 0 Å². The quantitative estimate of drug-likeness (QED) is 0.621. The molecule has 3 amide bonds. The summed E-state index contributed by atoms with van der Waals surface area (Å²) in [4.78, 5) is 49.7. The highest BCUT2D eigenvalue weighted by atomic mass is 16.5. The lowest BCUT2D eigenvalue weighted by molar-refractivity contribution is -0.124. The van der Waals surface area contributed by atoms with Gasteiger partial charge in [-0.2, -0.15) is 0 Å². The van der Waals surface area contributed by atoms with E-state index in [2.05, 4.69) is 5.32 Å². The lowest BCUT2D eigenvalue weighted by atomic mass is 10.1. The Morgan fingerprint density at radius 2 is 1.72 bits per heavy atom. The van der Waals surface area contributed by atoms with Gasteiger partial charge >= 0.3 is 5.97 Å². The number of esters is 1. The average molecular weight is 394 g/mol. The molecule has 7 heteroatoms. The molecule has 1 aliphatic heterocycles. The van der Waals surface area contributed by atoms with E-state index >= 15 is 0 Å². The highest BCUT2D eigenvalue weighted by Gasteiger charge is 2.30. The minimum absolute atomic E-state index is 0.154. The van der Waals surface area contributed by atoms with Crippen LogP contribution in [0.1, 0.15) is 41.3 Å². The summed E-state index contributed by atoms with van der Waals surface area (Å²) < 4.78 is 5.27. The van der Waals surface area contributed by atoms with Crippen LogP contribution in [0, 0.1) is 13.8 Å². The molecule has 7 nitrogen and oxygen atoms in total. The second-order valence-corrected chi connectivity index (χ2v) is 7.03. The highest BCUT2D eigenvalue weighted by Crippen LogP contribution is 2.24. The number of ether oxygens (including phenoxy) is 1. The first-order chi connectivity index (χ1) is 13.8. The molecule has 0 bridgehead atoms. The van der Waals surface area contributed by atoms with Gasteiger partial charge in [0.25, 0.3) is 5.91 Å². The van der Waals surface area contributed by atoms with E-state index < -0.39 is 18.0 Å². The first-order valence-electron chi connectivity index (χ1n) is 9.31. The van der Waals surface area contributed by atoms with Gasteiger partial charge in [0.05, 0.1) is 11.3 Å². The van der Waals surface area contributed by atoms with Crippen molar-refractivity contribution < 1.29 is 23.9 Å². The van der Waals surface area contributed by atoms with Gasteiger partial charge in [-0.15, -0.1) is 0 Å². The van der Waals surface area contributed by atoms with Crippen LogP contribution in [0.25, 0.3) is 0 Å². The Morgan fingerprint density at radius 3 is 2.41 bits per heavy atom. The Bertz CT molecular complexity index is 982. The number of hydrogen-bond acceptors (Lipinski definition) is 5. The Hall–Kier alpha value is -3.48. The lowest BCUT2D eigenvalue weighted by Gasteiger charge is -2.17. The van der Waals surface area contributed by atoms with Crippen molar-refractivity contribution in [3.8, 4) is 0 Å². The third-order valence-corrected chi connectivity index (χ3v) is 4.70. The number of carbonyl (C=O) groups excluding carboxylic acids is 4. The van der Waals surface area contributed by atoms with Gasteiger partial charge in [-0.3, -0.25) is 19.3 Å². The van der Waals surface area contributed by atoms with E-state index in [0.717, 1.165) is 16.0 Å². The first kappa shape index (κ1) is 20.3. The smallest absolute Gasteiger partial charge is 0.338 e. The fourth-order valence-electron chi connectivity index (χ4n) is 3.02. The minimum atomic E-state index is -1.03. The van der Waals surface area contributed by atoms with Crippen LogP contribution >= 0.6 is 0 Å². The van der Waals surface area contributed by atoms with E-state index in [9.17, 15) is 19.2 Å². The number of aryl methyl sites for hydroxylation is 2. The van der Waals surface area contributed by atoms with Crippen LogP contribution in [-0.2, 0) is 19.1 Å². The van der Waals surface area contributed by atoms with Crippen LogP contribution in [0.4, 0.5) is 11.4 Å². The molecule has 0 spiro atoms. The normalized spacial score (nSPS) is 14.7. The number of nitrogens with one attached hydrogen (secondary N) is 1. The van der Waals surface area contributed by atoms with Crippen LogP contribution in [0.2, 0.25) is 0 Å². The molecular weight excluding hydrogens is 372 g/mol.